The number of hydrogen-bond donors (Lipinski definition) is 1. The van der Waals surface area contributed by atoms with Crippen molar-refractivity contribution in [1.29, 1.82) is 0 Å². The number of halogens is 1. The summed E-state index contributed by atoms with van der Waals surface area (Å²) in [6.45, 7) is 1.94. The number of hydrogen-bond acceptors (Lipinski definition) is 1. The van der Waals surface area contributed by atoms with Crippen LogP contribution in [0.3, 0.4) is 0 Å². The minimum Gasteiger partial charge on any atom is -0.478 e. The van der Waals surface area contributed by atoms with E-state index in [1.54, 1.807) is 24.3 Å². The van der Waals surface area contributed by atoms with Gasteiger partial charge in [0.1, 0.15) is 5.82 Å². The number of carboxylic acid groups (broad SMARTS) is 1. The number of aromatic carboxylic acids is 1. The molecule has 3 heteroatoms. The van der Waals surface area contributed by atoms with Gasteiger partial charge in [0.25, 0.3) is 0 Å². The molecule has 2 nitrogen and oxygen atoms in total. The third-order valence-corrected chi connectivity index (χ3v) is 2.87. The molecule has 0 saturated heterocycles. The van der Waals surface area contributed by atoms with Gasteiger partial charge in [0.2, 0.25) is 0 Å². The van der Waals surface area contributed by atoms with Crippen LogP contribution in [0.2, 0.25) is 0 Å². The summed E-state index contributed by atoms with van der Waals surface area (Å²) >= 11 is 0. The van der Waals surface area contributed by atoms with Gasteiger partial charge in [-0.05, 0) is 47.4 Å². The molecule has 0 fully saturated rings. The fourth-order valence-electron chi connectivity index (χ4n) is 1.96. The first-order chi connectivity index (χ1) is 8.61. The Kier molecular flexibility index (Phi) is 3.42. The summed E-state index contributed by atoms with van der Waals surface area (Å²) in [6.07, 6.45) is 0.699. The van der Waals surface area contributed by atoms with Crippen molar-refractivity contribution in [3.05, 3.63) is 59.4 Å². The van der Waals surface area contributed by atoms with E-state index in [1.165, 1.54) is 12.1 Å². The Morgan fingerprint density at radius 2 is 2.00 bits per heavy atom. The molecule has 0 amide bonds. The van der Waals surface area contributed by atoms with Gasteiger partial charge >= 0.3 is 5.97 Å². The van der Waals surface area contributed by atoms with Crippen LogP contribution >= 0.6 is 0 Å². The van der Waals surface area contributed by atoms with Crippen LogP contribution in [0.25, 0.3) is 11.1 Å². The maximum Gasteiger partial charge on any atom is 0.335 e. The van der Waals surface area contributed by atoms with Gasteiger partial charge in [-0.15, -0.1) is 0 Å². The maximum atomic E-state index is 13.2. The highest BCUT2D eigenvalue weighted by Gasteiger charge is 2.08. The minimum absolute atomic E-state index is 0.235. The molecular weight excluding hydrogens is 231 g/mol. The molecule has 0 unspecified atom stereocenters. The summed E-state index contributed by atoms with van der Waals surface area (Å²) in [5.74, 6) is -1.23. The first-order valence-corrected chi connectivity index (χ1v) is 5.74. The van der Waals surface area contributed by atoms with E-state index in [1.807, 2.05) is 13.0 Å². The lowest BCUT2D eigenvalue weighted by atomic mass is 9.96. The Balaban J connectivity index is 2.54. The minimum atomic E-state index is -0.961. The number of benzene rings is 2. The number of aryl methyl sites for hydroxylation is 1. The lowest BCUT2D eigenvalue weighted by molar-refractivity contribution is 0.0697. The third kappa shape index (κ3) is 2.40. The zero-order valence-electron chi connectivity index (χ0n) is 9.98. The van der Waals surface area contributed by atoms with E-state index >= 15 is 0 Å². The first-order valence-electron chi connectivity index (χ1n) is 5.74. The quantitative estimate of drug-likeness (QED) is 0.892. The second-order valence-electron chi connectivity index (χ2n) is 4.04. The first kappa shape index (κ1) is 12.3. The van der Waals surface area contributed by atoms with Crippen LogP contribution in [0.5, 0.6) is 0 Å². The van der Waals surface area contributed by atoms with Crippen molar-refractivity contribution in [2.45, 2.75) is 13.3 Å². The Hall–Kier alpha value is -2.16. The molecule has 0 spiro atoms. The predicted molar refractivity (Wildman–Crippen MR) is 68.2 cm³/mol. The topological polar surface area (TPSA) is 37.3 Å². The van der Waals surface area contributed by atoms with E-state index in [4.69, 9.17) is 5.11 Å². The van der Waals surface area contributed by atoms with Gasteiger partial charge in [0, 0.05) is 0 Å². The zero-order chi connectivity index (χ0) is 13.1. The van der Waals surface area contributed by atoms with Gasteiger partial charge in [-0.25, -0.2) is 9.18 Å². The standard InChI is InChI=1S/C15H13FO2/c1-2-10-9-13(16)6-7-14(10)11-4-3-5-12(8-11)15(17)18/h3-9H,2H2,1H3,(H,17,18). The summed E-state index contributed by atoms with van der Waals surface area (Å²) in [5.41, 5.74) is 2.78. The normalized spacial score (nSPS) is 10.3. The second-order valence-corrected chi connectivity index (χ2v) is 4.04. The van der Waals surface area contributed by atoms with Crippen LogP contribution in [-0.2, 0) is 6.42 Å². The van der Waals surface area contributed by atoms with Crippen molar-refractivity contribution < 1.29 is 14.3 Å². The Labute approximate surface area is 105 Å². The third-order valence-electron chi connectivity index (χ3n) is 2.87. The Morgan fingerprint density at radius 3 is 2.67 bits per heavy atom. The second kappa shape index (κ2) is 5.00. The Morgan fingerprint density at radius 1 is 1.22 bits per heavy atom. The smallest absolute Gasteiger partial charge is 0.335 e. The molecule has 0 atom stereocenters. The highest BCUT2D eigenvalue weighted by Crippen LogP contribution is 2.25. The van der Waals surface area contributed by atoms with E-state index in [0.717, 1.165) is 16.7 Å². The molecule has 92 valence electrons. The molecule has 2 aromatic carbocycles. The fourth-order valence-corrected chi connectivity index (χ4v) is 1.96. The summed E-state index contributed by atoms with van der Waals surface area (Å²) < 4.78 is 13.2. The number of carbonyl (C=O) groups is 1. The number of rotatable bonds is 3. The molecule has 2 aromatic rings. The molecule has 18 heavy (non-hydrogen) atoms. The van der Waals surface area contributed by atoms with Crippen LogP contribution in [-0.4, -0.2) is 11.1 Å². The summed E-state index contributed by atoms with van der Waals surface area (Å²) in [7, 11) is 0. The molecule has 0 aliphatic heterocycles. The van der Waals surface area contributed by atoms with E-state index < -0.39 is 5.97 Å². The van der Waals surface area contributed by atoms with Crippen LogP contribution < -0.4 is 0 Å². The van der Waals surface area contributed by atoms with Gasteiger partial charge < -0.3 is 5.11 Å². The lowest BCUT2D eigenvalue weighted by Crippen LogP contribution is -1.96. The van der Waals surface area contributed by atoms with Gasteiger partial charge in [-0.1, -0.05) is 25.1 Å². The molecule has 0 heterocycles. The van der Waals surface area contributed by atoms with Gasteiger partial charge in [0.15, 0.2) is 0 Å². The van der Waals surface area contributed by atoms with Gasteiger partial charge in [-0.3, -0.25) is 0 Å². The molecule has 0 aliphatic carbocycles. The fraction of sp³-hybridized carbons (Fsp3) is 0.133. The summed E-state index contributed by atoms with van der Waals surface area (Å²) in [5, 5.41) is 8.97. The van der Waals surface area contributed by atoms with Gasteiger partial charge in [0.05, 0.1) is 5.56 Å². The summed E-state index contributed by atoms with van der Waals surface area (Å²) in [6, 6.07) is 11.2. The van der Waals surface area contributed by atoms with Crippen molar-refractivity contribution in [3.63, 3.8) is 0 Å². The van der Waals surface area contributed by atoms with Gasteiger partial charge in [-0.2, -0.15) is 0 Å². The SMILES string of the molecule is CCc1cc(F)ccc1-c1cccc(C(=O)O)c1. The zero-order valence-corrected chi connectivity index (χ0v) is 9.98. The molecule has 0 bridgehead atoms. The highest BCUT2D eigenvalue weighted by molar-refractivity contribution is 5.89. The predicted octanol–water partition coefficient (Wildman–Crippen LogP) is 3.75. The van der Waals surface area contributed by atoms with Crippen molar-refractivity contribution in [1.82, 2.24) is 0 Å². The monoisotopic (exact) mass is 244 g/mol. The number of carboxylic acids is 1. The molecule has 0 aliphatic rings. The van der Waals surface area contributed by atoms with E-state index in [9.17, 15) is 9.18 Å². The van der Waals surface area contributed by atoms with E-state index in [-0.39, 0.29) is 11.4 Å². The van der Waals surface area contributed by atoms with E-state index in [0.29, 0.717) is 6.42 Å². The van der Waals surface area contributed by atoms with Crippen LogP contribution in [0, 0.1) is 5.82 Å². The average molecular weight is 244 g/mol. The highest BCUT2D eigenvalue weighted by atomic mass is 19.1. The molecule has 1 N–H and O–H groups in total. The average Bonchev–Trinajstić information content (AvgIpc) is 2.38. The maximum absolute atomic E-state index is 13.2. The lowest BCUT2D eigenvalue weighted by Gasteiger charge is -2.09. The van der Waals surface area contributed by atoms with Crippen molar-refractivity contribution in [2.24, 2.45) is 0 Å². The molecule has 2 rings (SSSR count). The summed E-state index contributed by atoms with van der Waals surface area (Å²) in [4.78, 5) is 10.9. The molecule has 0 aromatic heterocycles. The van der Waals surface area contributed by atoms with Crippen molar-refractivity contribution in [2.75, 3.05) is 0 Å². The van der Waals surface area contributed by atoms with Crippen LogP contribution in [0.1, 0.15) is 22.8 Å². The molecule has 0 radical (unpaired) electrons. The molecule has 0 saturated carbocycles. The van der Waals surface area contributed by atoms with Crippen molar-refractivity contribution in [3.8, 4) is 11.1 Å². The van der Waals surface area contributed by atoms with Crippen molar-refractivity contribution >= 4 is 5.97 Å². The molecular formula is C15H13FO2. The largest absolute Gasteiger partial charge is 0.478 e. The Bertz CT molecular complexity index is 591. The van der Waals surface area contributed by atoms with Crippen LogP contribution in [0.4, 0.5) is 4.39 Å². The van der Waals surface area contributed by atoms with Crippen LogP contribution in [0.15, 0.2) is 42.5 Å². The van der Waals surface area contributed by atoms with E-state index in [2.05, 4.69) is 0 Å².